The van der Waals surface area contributed by atoms with E-state index in [1.54, 1.807) is 0 Å². The molecule has 116 valence electrons. The maximum atomic E-state index is 12.4. The molecule has 0 amide bonds. The van der Waals surface area contributed by atoms with Crippen molar-refractivity contribution in [2.24, 2.45) is 0 Å². The lowest BCUT2D eigenvalue weighted by Gasteiger charge is -2.07. The average Bonchev–Trinajstić information content (AvgIpc) is 2.81. The molecule has 2 aromatic rings. The van der Waals surface area contributed by atoms with E-state index in [0.29, 0.717) is 0 Å². The molecule has 21 heavy (non-hydrogen) atoms. The number of nitrogens with zero attached hydrogens (tertiary/aromatic N) is 3. The number of aromatic amines is 1. The van der Waals surface area contributed by atoms with E-state index in [4.69, 9.17) is 0 Å². The zero-order valence-electron chi connectivity index (χ0n) is 10.1. The van der Waals surface area contributed by atoms with Crippen LogP contribution in [-0.2, 0) is 12.8 Å². The molecular weight excluding hydrogens is 370 g/mol. The first kappa shape index (κ1) is 15.9. The second-order valence-electron chi connectivity index (χ2n) is 4.18. The van der Waals surface area contributed by atoms with Crippen molar-refractivity contribution in [1.82, 2.24) is 20.0 Å². The van der Waals surface area contributed by atoms with Gasteiger partial charge in [-0.25, -0.2) is 4.68 Å². The number of aromatic nitrogens is 4. The molecule has 0 aliphatic heterocycles. The van der Waals surface area contributed by atoms with E-state index >= 15 is 0 Å². The summed E-state index contributed by atoms with van der Waals surface area (Å²) in [5, 5.41) is 9.39. The van der Waals surface area contributed by atoms with E-state index in [1.807, 2.05) is 0 Å². The summed E-state index contributed by atoms with van der Waals surface area (Å²) in [5.41, 5.74) is -0.662. The molecule has 0 radical (unpaired) electrons. The van der Waals surface area contributed by atoms with Crippen LogP contribution in [0.15, 0.2) is 16.9 Å². The Balaban J connectivity index is 2.32. The molecule has 2 aromatic heterocycles. The average molecular weight is 377 g/mol. The van der Waals surface area contributed by atoms with E-state index in [-0.39, 0.29) is 21.7 Å². The van der Waals surface area contributed by atoms with E-state index in [9.17, 15) is 26.3 Å². The molecule has 11 heteroatoms. The largest absolute Gasteiger partial charge is 0.394 e. The summed E-state index contributed by atoms with van der Waals surface area (Å²) >= 11 is 2.94. The Bertz CT molecular complexity index is 626. The van der Waals surface area contributed by atoms with Gasteiger partial charge < -0.3 is 0 Å². The predicted octanol–water partition coefficient (Wildman–Crippen LogP) is 3.57. The zero-order valence-corrected chi connectivity index (χ0v) is 11.6. The summed E-state index contributed by atoms with van der Waals surface area (Å²) < 4.78 is 75.0. The lowest BCUT2D eigenvalue weighted by atomic mass is 10.3. The van der Waals surface area contributed by atoms with Crippen LogP contribution < -0.4 is 0 Å². The Morgan fingerprint density at radius 3 is 2.29 bits per heavy atom. The fraction of sp³-hybridized carbons (Fsp3) is 0.400. The highest BCUT2D eigenvalue weighted by Crippen LogP contribution is 2.28. The highest BCUT2D eigenvalue weighted by Gasteiger charge is 2.32. The Kier molecular flexibility index (Phi) is 4.04. The maximum absolute atomic E-state index is 12.4. The molecule has 0 unspecified atom stereocenters. The third kappa shape index (κ3) is 4.22. The Labute approximate surface area is 122 Å². The van der Waals surface area contributed by atoms with Gasteiger partial charge in [-0.3, -0.25) is 5.10 Å². The quantitative estimate of drug-likeness (QED) is 0.832. The molecule has 1 N–H and O–H groups in total. The maximum Gasteiger partial charge on any atom is 0.394 e. The summed E-state index contributed by atoms with van der Waals surface area (Å²) in [6.45, 7) is 0. The number of nitrogens with one attached hydrogen (secondary N) is 1. The number of alkyl halides is 6. The topological polar surface area (TPSA) is 46.5 Å². The van der Waals surface area contributed by atoms with Crippen LogP contribution in [-0.4, -0.2) is 32.3 Å². The van der Waals surface area contributed by atoms with Crippen molar-refractivity contribution in [1.29, 1.82) is 0 Å². The Hall–Kier alpha value is -1.52. The van der Waals surface area contributed by atoms with Gasteiger partial charge in [0.25, 0.3) is 0 Å². The molecule has 0 aliphatic carbocycles. The Morgan fingerprint density at radius 2 is 1.71 bits per heavy atom. The molecule has 0 saturated heterocycles. The first-order valence-electron chi connectivity index (χ1n) is 5.46. The fourth-order valence-electron chi connectivity index (χ4n) is 1.69. The summed E-state index contributed by atoms with van der Waals surface area (Å²) in [7, 11) is 0. The van der Waals surface area contributed by atoms with Crippen LogP contribution in [0.3, 0.4) is 0 Å². The van der Waals surface area contributed by atoms with E-state index in [1.165, 1.54) is 0 Å². The predicted molar refractivity (Wildman–Crippen MR) is 62.9 cm³/mol. The highest BCUT2D eigenvalue weighted by molar-refractivity contribution is 9.10. The van der Waals surface area contributed by atoms with Gasteiger partial charge in [-0.2, -0.15) is 36.5 Å². The molecule has 0 saturated carbocycles. The van der Waals surface area contributed by atoms with Crippen molar-refractivity contribution in [3.05, 3.63) is 28.3 Å². The first-order chi connectivity index (χ1) is 9.55. The van der Waals surface area contributed by atoms with E-state index < -0.39 is 25.2 Å². The number of rotatable bonds is 3. The van der Waals surface area contributed by atoms with Crippen LogP contribution in [0.2, 0.25) is 0 Å². The summed E-state index contributed by atoms with van der Waals surface area (Å²) in [6.07, 6.45) is -10.3. The van der Waals surface area contributed by atoms with Crippen molar-refractivity contribution in [2.75, 3.05) is 0 Å². The van der Waals surface area contributed by atoms with Gasteiger partial charge in [0.15, 0.2) is 4.60 Å². The molecule has 0 atom stereocenters. The van der Waals surface area contributed by atoms with Crippen molar-refractivity contribution >= 4 is 15.9 Å². The van der Waals surface area contributed by atoms with Crippen LogP contribution in [0.4, 0.5) is 26.3 Å². The second kappa shape index (κ2) is 5.35. The highest BCUT2D eigenvalue weighted by atomic mass is 79.9. The van der Waals surface area contributed by atoms with Gasteiger partial charge in [0.05, 0.1) is 24.2 Å². The minimum Gasteiger partial charge on any atom is -0.279 e. The number of hydrogen-bond acceptors (Lipinski definition) is 2. The Morgan fingerprint density at radius 1 is 1.10 bits per heavy atom. The molecule has 2 heterocycles. The van der Waals surface area contributed by atoms with Crippen molar-refractivity contribution in [2.45, 2.75) is 25.2 Å². The van der Waals surface area contributed by atoms with Gasteiger partial charge in [-0.15, -0.1) is 0 Å². The van der Waals surface area contributed by atoms with Crippen molar-refractivity contribution in [3.8, 4) is 5.69 Å². The summed E-state index contributed by atoms with van der Waals surface area (Å²) in [5.74, 6) is 0. The molecule has 0 spiro atoms. The summed E-state index contributed by atoms with van der Waals surface area (Å²) in [4.78, 5) is 0. The third-order valence-electron chi connectivity index (χ3n) is 2.40. The lowest BCUT2D eigenvalue weighted by Crippen LogP contribution is -2.14. The smallest absolute Gasteiger partial charge is 0.279 e. The fourth-order valence-corrected chi connectivity index (χ4v) is 2.20. The molecular formula is C10H7BrF6N4. The van der Waals surface area contributed by atoms with E-state index in [0.717, 1.165) is 16.9 Å². The summed E-state index contributed by atoms with van der Waals surface area (Å²) in [6, 6.07) is 1.09. The standard InChI is InChI=1S/C10H7BrF6N4/c11-8-7(6(18-19-8)4-10(15,16)17)21-2-1-5(20-21)3-9(12,13)14/h1-2H,3-4H2,(H,18,19). The van der Waals surface area contributed by atoms with Gasteiger partial charge in [0, 0.05) is 6.20 Å². The van der Waals surface area contributed by atoms with Gasteiger partial charge in [-0.1, -0.05) is 0 Å². The molecule has 0 aromatic carbocycles. The third-order valence-corrected chi connectivity index (χ3v) is 2.96. The van der Waals surface area contributed by atoms with Crippen LogP contribution >= 0.6 is 15.9 Å². The molecule has 4 nitrogen and oxygen atoms in total. The van der Waals surface area contributed by atoms with Gasteiger partial charge in [-0.05, 0) is 22.0 Å². The van der Waals surface area contributed by atoms with Crippen molar-refractivity contribution in [3.63, 3.8) is 0 Å². The van der Waals surface area contributed by atoms with E-state index in [2.05, 4.69) is 31.2 Å². The number of halogens is 7. The normalized spacial score (nSPS) is 12.9. The minimum atomic E-state index is -4.48. The monoisotopic (exact) mass is 376 g/mol. The zero-order chi connectivity index (χ0) is 15.8. The first-order valence-corrected chi connectivity index (χ1v) is 6.25. The number of hydrogen-bond donors (Lipinski definition) is 1. The van der Waals surface area contributed by atoms with Crippen LogP contribution in [0.1, 0.15) is 11.4 Å². The minimum absolute atomic E-state index is 0.0309. The van der Waals surface area contributed by atoms with Crippen molar-refractivity contribution < 1.29 is 26.3 Å². The number of H-pyrrole nitrogens is 1. The molecule has 2 rings (SSSR count). The SMILES string of the molecule is FC(F)(F)Cc1ccn(-c2c(Br)n[nH]c2CC(F)(F)F)n1. The van der Waals surface area contributed by atoms with Gasteiger partial charge >= 0.3 is 12.4 Å². The van der Waals surface area contributed by atoms with Gasteiger partial charge in [0.2, 0.25) is 0 Å². The molecule has 0 aliphatic rings. The second-order valence-corrected chi connectivity index (χ2v) is 4.93. The molecule has 0 fully saturated rings. The lowest BCUT2D eigenvalue weighted by molar-refractivity contribution is -0.128. The molecule has 0 bridgehead atoms. The van der Waals surface area contributed by atoms with Gasteiger partial charge in [0.1, 0.15) is 5.69 Å². The van der Waals surface area contributed by atoms with Crippen LogP contribution in [0.25, 0.3) is 5.69 Å². The van der Waals surface area contributed by atoms with Crippen LogP contribution in [0.5, 0.6) is 0 Å². The van der Waals surface area contributed by atoms with Crippen LogP contribution in [0, 0.1) is 0 Å².